The quantitative estimate of drug-likeness (QED) is 0.478. The number of rotatable bonds is 6. The highest BCUT2D eigenvalue weighted by atomic mass is 16.7. The van der Waals surface area contributed by atoms with Crippen LogP contribution in [0.15, 0.2) is 24.3 Å². The zero-order valence-electron chi connectivity index (χ0n) is 10.8. The van der Waals surface area contributed by atoms with Crippen LogP contribution in [0, 0.1) is 0 Å². The summed E-state index contributed by atoms with van der Waals surface area (Å²) in [5, 5.41) is 0. The molecule has 0 spiro atoms. The number of carbonyl (C=O) groups is 1. The molecule has 0 radical (unpaired) electrons. The number of benzene rings is 1. The van der Waals surface area contributed by atoms with Gasteiger partial charge in [-0.25, -0.2) is 5.48 Å². The Kier molecular flexibility index (Phi) is 4.94. The molecule has 5 heteroatoms. The second-order valence-corrected chi connectivity index (χ2v) is 4.11. The molecule has 19 heavy (non-hydrogen) atoms. The fraction of sp³-hybridized carbons (Fsp3) is 0.357. The number of hydrogen-bond acceptors (Lipinski definition) is 4. The molecule has 0 unspecified atom stereocenters. The average Bonchev–Trinajstić information content (AvgIpc) is 2.89. The lowest BCUT2D eigenvalue weighted by Crippen LogP contribution is -2.23. The number of carbonyl (C=O) groups excluding carboxylic acids is 1. The molecule has 0 fully saturated rings. The molecule has 5 nitrogen and oxygen atoms in total. The third-order valence-electron chi connectivity index (χ3n) is 2.70. The molecule has 102 valence electrons. The summed E-state index contributed by atoms with van der Waals surface area (Å²) in [6, 6.07) is 5.87. The number of hydroxylamine groups is 1. The zero-order chi connectivity index (χ0) is 13.5. The van der Waals surface area contributed by atoms with E-state index in [9.17, 15) is 4.79 Å². The van der Waals surface area contributed by atoms with Crippen LogP contribution in [0.1, 0.15) is 11.1 Å². The van der Waals surface area contributed by atoms with E-state index >= 15 is 0 Å². The number of nitrogens with one attached hydrogen (secondary N) is 1. The van der Waals surface area contributed by atoms with Crippen LogP contribution in [0.5, 0.6) is 5.75 Å². The zero-order valence-corrected chi connectivity index (χ0v) is 10.8. The van der Waals surface area contributed by atoms with Crippen LogP contribution in [0.25, 0.3) is 6.08 Å². The Balaban J connectivity index is 1.83. The first-order valence-electron chi connectivity index (χ1n) is 6.14. The Morgan fingerprint density at radius 2 is 2.37 bits per heavy atom. The van der Waals surface area contributed by atoms with E-state index in [0.717, 1.165) is 24.3 Å². The smallest absolute Gasteiger partial charge is 0.267 e. The fourth-order valence-electron chi connectivity index (χ4n) is 1.76. The van der Waals surface area contributed by atoms with Gasteiger partial charge in [-0.15, -0.1) is 0 Å². The Morgan fingerprint density at radius 1 is 1.47 bits per heavy atom. The van der Waals surface area contributed by atoms with Gasteiger partial charge in [-0.1, -0.05) is 6.07 Å². The maximum atomic E-state index is 11.4. The van der Waals surface area contributed by atoms with Crippen molar-refractivity contribution < 1.29 is 19.1 Å². The molecule has 0 aliphatic carbocycles. The largest absolute Gasteiger partial charge is 0.493 e. The number of ether oxygens (including phenoxy) is 2. The molecule has 1 amide bonds. The van der Waals surface area contributed by atoms with Gasteiger partial charge in [0.25, 0.3) is 5.91 Å². The van der Waals surface area contributed by atoms with E-state index in [1.807, 2.05) is 18.2 Å². The summed E-state index contributed by atoms with van der Waals surface area (Å²) < 4.78 is 10.2. The van der Waals surface area contributed by atoms with E-state index < -0.39 is 0 Å². The fourth-order valence-corrected chi connectivity index (χ4v) is 1.76. The predicted octanol–water partition coefficient (Wildman–Crippen LogP) is 1.33. The van der Waals surface area contributed by atoms with Crippen LogP contribution < -0.4 is 10.2 Å². The molecular formula is C14H17NO4. The molecule has 1 N–H and O–H groups in total. The normalized spacial score (nSPS) is 13.3. The van der Waals surface area contributed by atoms with E-state index in [-0.39, 0.29) is 5.91 Å². The van der Waals surface area contributed by atoms with Crippen LogP contribution in [-0.2, 0) is 20.8 Å². The molecule has 0 atom stereocenters. The van der Waals surface area contributed by atoms with Gasteiger partial charge in [-0.05, 0) is 29.3 Å². The maximum Gasteiger partial charge on any atom is 0.267 e. The Hall–Kier alpha value is -1.85. The minimum absolute atomic E-state index is 0.298. The summed E-state index contributed by atoms with van der Waals surface area (Å²) in [4.78, 5) is 16.3. The van der Waals surface area contributed by atoms with Crippen LogP contribution in [0.4, 0.5) is 0 Å². The van der Waals surface area contributed by atoms with Crippen molar-refractivity contribution in [3.05, 3.63) is 35.4 Å². The standard InChI is InChI=1S/C14H17NO4/c1-17-8-9-19-15-14(16)5-3-11-2-4-13-12(10-11)6-7-18-13/h2-5,10H,6-9H2,1H3,(H,15,16)/b5-3+. The van der Waals surface area contributed by atoms with Crippen molar-refractivity contribution in [2.45, 2.75) is 6.42 Å². The highest BCUT2D eigenvalue weighted by Crippen LogP contribution is 2.26. The second-order valence-electron chi connectivity index (χ2n) is 4.11. The Morgan fingerprint density at radius 3 is 3.21 bits per heavy atom. The Labute approximate surface area is 112 Å². The molecule has 0 bridgehead atoms. The summed E-state index contributed by atoms with van der Waals surface area (Å²) >= 11 is 0. The highest BCUT2D eigenvalue weighted by Gasteiger charge is 2.10. The molecule has 1 aromatic carbocycles. The first-order valence-corrected chi connectivity index (χ1v) is 6.14. The lowest BCUT2D eigenvalue weighted by molar-refractivity contribution is -0.129. The van der Waals surface area contributed by atoms with E-state index in [4.69, 9.17) is 14.3 Å². The lowest BCUT2D eigenvalue weighted by atomic mass is 10.1. The summed E-state index contributed by atoms with van der Waals surface area (Å²) in [7, 11) is 1.57. The van der Waals surface area contributed by atoms with Crippen LogP contribution >= 0.6 is 0 Å². The third kappa shape index (κ3) is 4.08. The number of hydrogen-bond donors (Lipinski definition) is 1. The van der Waals surface area contributed by atoms with Gasteiger partial charge < -0.3 is 9.47 Å². The van der Waals surface area contributed by atoms with Crippen molar-refractivity contribution in [3.8, 4) is 5.75 Å². The molecule has 2 rings (SSSR count). The van der Waals surface area contributed by atoms with Crippen molar-refractivity contribution >= 4 is 12.0 Å². The van der Waals surface area contributed by atoms with E-state index in [2.05, 4.69) is 5.48 Å². The molecule has 1 heterocycles. The van der Waals surface area contributed by atoms with Crippen molar-refractivity contribution in [2.75, 3.05) is 26.9 Å². The molecule has 0 aromatic heterocycles. The van der Waals surface area contributed by atoms with Gasteiger partial charge in [-0.3, -0.25) is 9.63 Å². The lowest BCUT2D eigenvalue weighted by Gasteiger charge is -2.02. The maximum absolute atomic E-state index is 11.4. The van der Waals surface area contributed by atoms with Crippen molar-refractivity contribution in [1.29, 1.82) is 0 Å². The van der Waals surface area contributed by atoms with E-state index in [1.54, 1.807) is 13.2 Å². The minimum atomic E-state index is -0.298. The Bertz CT molecular complexity index is 471. The van der Waals surface area contributed by atoms with Gasteiger partial charge in [0.15, 0.2) is 0 Å². The molecule has 0 saturated heterocycles. The molecular weight excluding hydrogens is 246 g/mol. The van der Waals surface area contributed by atoms with Crippen molar-refractivity contribution in [3.63, 3.8) is 0 Å². The van der Waals surface area contributed by atoms with Crippen LogP contribution in [0.2, 0.25) is 0 Å². The van der Waals surface area contributed by atoms with Crippen molar-refractivity contribution in [2.24, 2.45) is 0 Å². The SMILES string of the molecule is COCCONC(=O)/C=C/c1ccc2c(c1)CCO2. The van der Waals surface area contributed by atoms with Gasteiger partial charge in [0.05, 0.1) is 19.8 Å². The number of amides is 1. The van der Waals surface area contributed by atoms with Gasteiger partial charge in [0.1, 0.15) is 5.75 Å². The minimum Gasteiger partial charge on any atom is -0.493 e. The van der Waals surface area contributed by atoms with Crippen LogP contribution in [0.3, 0.4) is 0 Å². The number of fused-ring (bicyclic) bond motifs is 1. The highest BCUT2D eigenvalue weighted by molar-refractivity contribution is 5.91. The van der Waals surface area contributed by atoms with E-state index in [0.29, 0.717) is 13.2 Å². The van der Waals surface area contributed by atoms with Gasteiger partial charge >= 0.3 is 0 Å². The second kappa shape index (κ2) is 6.92. The topological polar surface area (TPSA) is 56.8 Å². The third-order valence-corrected chi connectivity index (χ3v) is 2.70. The molecule has 1 aliphatic rings. The van der Waals surface area contributed by atoms with Crippen LogP contribution in [-0.4, -0.2) is 32.8 Å². The van der Waals surface area contributed by atoms with E-state index in [1.165, 1.54) is 11.6 Å². The monoisotopic (exact) mass is 263 g/mol. The molecule has 1 aliphatic heterocycles. The average molecular weight is 263 g/mol. The van der Waals surface area contributed by atoms with Gasteiger partial charge in [0, 0.05) is 19.6 Å². The first kappa shape index (κ1) is 13.6. The molecule has 0 saturated carbocycles. The van der Waals surface area contributed by atoms with Crippen molar-refractivity contribution in [1.82, 2.24) is 5.48 Å². The number of methoxy groups -OCH3 is 1. The predicted molar refractivity (Wildman–Crippen MR) is 70.6 cm³/mol. The summed E-state index contributed by atoms with van der Waals surface area (Å²) in [5.41, 5.74) is 4.46. The summed E-state index contributed by atoms with van der Waals surface area (Å²) in [6.07, 6.45) is 4.10. The van der Waals surface area contributed by atoms with Gasteiger partial charge in [0.2, 0.25) is 0 Å². The summed E-state index contributed by atoms with van der Waals surface area (Å²) in [6.45, 7) is 1.50. The van der Waals surface area contributed by atoms with Gasteiger partial charge in [-0.2, -0.15) is 0 Å². The summed E-state index contributed by atoms with van der Waals surface area (Å²) in [5.74, 6) is 0.636. The first-order chi connectivity index (χ1) is 9.29. The molecule has 1 aromatic rings.